The topological polar surface area (TPSA) is 80.0 Å². The fourth-order valence-corrected chi connectivity index (χ4v) is 4.25. The molecule has 0 bridgehead atoms. The SMILES string of the molecule is CC(C)(O)COc1ccc(N2CCN(CC(O)c3ccc(C#N)cc3)CC2)c(Cl)c1.Clc1ccccc1. The van der Waals surface area contributed by atoms with E-state index in [0.29, 0.717) is 22.9 Å². The Labute approximate surface area is 229 Å². The van der Waals surface area contributed by atoms with Crippen LogP contribution >= 0.6 is 23.2 Å². The molecule has 1 heterocycles. The summed E-state index contributed by atoms with van der Waals surface area (Å²) < 4.78 is 5.60. The number of anilines is 1. The summed E-state index contributed by atoms with van der Waals surface area (Å²) in [7, 11) is 0. The molecule has 196 valence electrons. The summed E-state index contributed by atoms with van der Waals surface area (Å²) in [5, 5.41) is 30.6. The van der Waals surface area contributed by atoms with E-state index >= 15 is 0 Å². The largest absolute Gasteiger partial charge is 0.491 e. The van der Waals surface area contributed by atoms with Crippen molar-refractivity contribution in [3.63, 3.8) is 0 Å². The van der Waals surface area contributed by atoms with Gasteiger partial charge in [0.15, 0.2) is 0 Å². The molecule has 1 unspecified atom stereocenters. The molecule has 0 radical (unpaired) electrons. The predicted octanol–water partition coefficient (Wildman–Crippen LogP) is 5.56. The molecular weight excluding hydrogens is 509 g/mol. The van der Waals surface area contributed by atoms with Gasteiger partial charge in [-0.2, -0.15) is 5.26 Å². The van der Waals surface area contributed by atoms with E-state index in [-0.39, 0.29) is 6.61 Å². The molecule has 2 N–H and O–H groups in total. The van der Waals surface area contributed by atoms with Crippen LogP contribution in [0, 0.1) is 11.3 Å². The summed E-state index contributed by atoms with van der Waals surface area (Å²) in [5.74, 6) is 0.634. The zero-order valence-corrected chi connectivity index (χ0v) is 22.7. The number of piperazine rings is 1. The lowest BCUT2D eigenvalue weighted by atomic mass is 10.1. The molecule has 0 aliphatic carbocycles. The first-order valence-corrected chi connectivity index (χ1v) is 12.9. The third-order valence-corrected chi connectivity index (χ3v) is 6.37. The van der Waals surface area contributed by atoms with E-state index in [1.807, 2.05) is 42.5 Å². The van der Waals surface area contributed by atoms with Gasteiger partial charge in [0.25, 0.3) is 0 Å². The molecule has 8 heteroatoms. The highest BCUT2D eigenvalue weighted by Crippen LogP contribution is 2.31. The van der Waals surface area contributed by atoms with Gasteiger partial charge in [-0.15, -0.1) is 0 Å². The van der Waals surface area contributed by atoms with E-state index in [1.165, 1.54) is 0 Å². The molecule has 0 saturated carbocycles. The number of halogens is 2. The lowest BCUT2D eigenvalue weighted by Gasteiger charge is -2.37. The van der Waals surface area contributed by atoms with Crippen LogP contribution in [0.15, 0.2) is 72.8 Å². The van der Waals surface area contributed by atoms with Crippen molar-refractivity contribution < 1.29 is 14.9 Å². The first kappa shape index (κ1) is 28.8. The minimum absolute atomic E-state index is 0.197. The summed E-state index contributed by atoms with van der Waals surface area (Å²) in [4.78, 5) is 4.46. The van der Waals surface area contributed by atoms with E-state index < -0.39 is 11.7 Å². The average Bonchev–Trinajstić information content (AvgIpc) is 2.88. The summed E-state index contributed by atoms with van der Waals surface area (Å²) in [6.07, 6.45) is -0.583. The van der Waals surface area contributed by atoms with Crippen LogP contribution in [-0.4, -0.2) is 60.0 Å². The number of nitrogens with zero attached hydrogens (tertiary/aromatic N) is 3. The summed E-state index contributed by atoms with van der Waals surface area (Å²) >= 11 is 12.0. The van der Waals surface area contributed by atoms with E-state index in [2.05, 4.69) is 15.9 Å². The van der Waals surface area contributed by atoms with E-state index in [0.717, 1.165) is 42.5 Å². The first-order valence-electron chi connectivity index (χ1n) is 12.2. The van der Waals surface area contributed by atoms with Crippen LogP contribution in [0.4, 0.5) is 5.69 Å². The monoisotopic (exact) mass is 541 g/mol. The Morgan fingerprint density at radius 3 is 2.14 bits per heavy atom. The number of hydrogen-bond donors (Lipinski definition) is 2. The molecule has 1 atom stereocenters. The molecule has 1 saturated heterocycles. The van der Waals surface area contributed by atoms with Crippen LogP contribution in [0.5, 0.6) is 5.75 Å². The Morgan fingerprint density at radius 2 is 1.62 bits per heavy atom. The summed E-state index contributed by atoms with van der Waals surface area (Å²) in [6, 6.07) is 24.2. The normalized spacial score (nSPS) is 14.8. The van der Waals surface area contributed by atoms with Gasteiger partial charge in [-0.05, 0) is 55.8 Å². The highest BCUT2D eigenvalue weighted by atomic mass is 35.5. The average molecular weight is 543 g/mol. The molecule has 3 aromatic carbocycles. The maximum Gasteiger partial charge on any atom is 0.121 e. The minimum Gasteiger partial charge on any atom is -0.491 e. The van der Waals surface area contributed by atoms with Crippen molar-refractivity contribution in [2.45, 2.75) is 25.6 Å². The quantitative estimate of drug-likeness (QED) is 0.407. The van der Waals surface area contributed by atoms with Crippen LogP contribution in [0.3, 0.4) is 0 Å². The van der Waals surface area contributed by atoms with Gasteiger partial charge < -0.3 is 19.8 Å². The number of aliphatic hydroxyl groups is 2. The number of β-amino-alcohol motifs (C(OH)–C–C–N with tert-alkyl or cyclic N) is 1. The van der Waals surface area contributed by atoms with Gasteiger partial charge in [0, 0.05) is 43.8 Å². The number of benzene rings is 3. The number of hydrogen-bond acceptors (Lipinski definition) is 6. The van der Waals surface area contributed by atoms with Crippen LogP contribution < -0.4 is 9.64 Å². The van der Waals surface area contributed by atoms with Crippen molar-refractivity contribution in [1.29, 1.82) is 5.26 Å². The zero-order chi connectivity index (χ0) is 26.8. The van der Waals surface area contributed by atoms with Crippen LogP contribution in [0.2, 0.25) is 10.0 Å². The summed E-state index contributed by atoms with van der Waals surface area (Å²) in [5.41, 5.74) is 1.47. The number of aliphatic hydroxyl groups excluding tert-OH is 1. The van der Waals surface area contributed by atoms with Gasteiger partial charge in [-0.3, -0.25) is 4.90 Å². The maximum atomic E-state index is 10.5. The van der Waals surface area contributed by atoms with Gasteiger partial charge in [-0.1, -0.05) is 53.5 Å². The van der Waals surface area contributed by atoms with Gasteiger partial charge in [-0.25, -0.2) is 0 Å². The highest BCUT2D eigenvalue weighted by Gasteiger charge is 2.22. The number of rotatable bonds is 7. The zero-order valence-electron chi connectivity index (χ0n) is 21.1. The lowest BCUT2D eigenvalue weighted by Crippen LogP contribution is -2.47. The van der Waals surface area contributed by atoms with E-state index in [4.69, 9.17) is 33.2 Å². The smallest absolute Gasteiger partial charge is 0.121 e. The van der Waals surface area contributed by atoms with Gasteiger partial charge >= 0.3 is 0 Å². The lowest BCUT2D eigenvalue weighted by molar-refractivity contribution is 0.0285. The predicted molar refractivity (Wildman–Crippen MR) is 149 cm³/mol. The van der Waals surface area contributed by atoms with Crippen molar-refractivity contribution in [3.05, 3.63) is 94.0 Å². The first-order chi connectivity index (χ1) is 17.6. The van der Waals surface area contributed by atoms with E-state index in [9.17, 15) is 10.2 Å². The summed E-state index contributed by atoms with van der Waals surface area (Å²) in [6.45, 7) is 7.40. The minimum atomic E-state index is -0.899. The molecule has 0 spiro atoms. The Balaban J connectivity index is 0.000000468. The molecule has 0 aromatic heterocycles. The standard InChI is InChI=1S/C23H28ClN3O3.C6H5Cl/c1-23(2,29)16-30-19-7-8-21(20(24)13-19)27-11-9-26(10-12-27)15-22(28)18-5-3-17(14-25)4-6-18;7-6-4-2-1-3-5-6/h3-8,13,22,28-29H,9-12,15-16H2,1-2H3;1-5H. The van der Waals surface area contributed by atoms with Crippen LogP contribution in [0.1, 0.15) is 31.1 Å². The Bertz CT molecular complexity index is 1150. The number of ether oxygens (including phenoxy) is 1. The molecule has 1 aliphatic rings. The third-order valence-electron chi connectivity index (χ3n) is 5.81. The molecule has 6 nitrogen and oxygen atoms in total. The van der Waals surface area contributed by atoms with Crippen molar-refractivity contribution in [3.8, 4) is 11.8 Å². The van der Waals surface area contributed by atoms with E-state index in [1.54, 1.807) is 44.2 Å². The third kappa shape index (κ3) is 9.55. The molecule has 0 amide bonds. The van der Waals surface area contributed by atoms with Gasteiger partial charge in [0.2, 0.25) is 0 Å². The molecule has 1 aliphatic heterocycles. The second-order valence-corrected chi connectivity index (χ2v) is 10.4. The fraction of sp³-hybridized carbons (Fsp3) is 0.345. The van der Waals surface area contributed by atoms with Crippen LogP contribution in [0.25, 0.3) is 0 Å². The Morgan fingerprint density at radius 1 is 0.973 bits per heavy atom. The second-order valence-electron chi connectivity index (χ2n) is 9.55. The van der Waals surface area contributed by atoms with Crippen LogP contribution in [-0.2, 0) is 0 Å². The van der Waals surface area contributed by atoms with Gasteiger partial charge in [0.05, 0.1) is 34.0 Å². The molecule has 3 aromatic rings. The van der Waals surface area contributed by atoms with Crippen molar-refractivity contribution in [2.24, 2.45) is 0 Å². The van der Waals surface area contributed by atoms with Gasteiger partial charge in [0.1, 0.15) is 12.4 Å². The molecule has 4 rings (SSSR count). The fourth-order valence-electron chi connectivity index (χ4n) is 3.81. The molecule has 37 heavy (non-hydrogen) atoms. The maximum absolute atomic E-state index is 10.5. The number of nitriles is 1. The molecule has 1 fully saturated rings. The Kier molecular flexibility index (Phi) is 10.6. The second kappa shape index (κ2) is 13.7. The van der Waals surface area contributed by atoms with Crippen molar-refractivity contribution in [2.75, 3.05) is 44.2 Å². The van der Waals surface area contributed by atoms with Crippen molar-refractivity contribution in [1.82, 2.24) is 4.90 Å². The molecular formula is C29H33Cl2N3O3. The highest BCUT2D eigenvalue weighted by molar-refractivity contribution is 6.33. The Hall–Kier alpha value is -2.79. The van der Waals surface area contributed by atoms with Crippen molar-refractivity contribution >= 4 is 28.9 Å².